The number of hydrazone groups is 1. The molecule has 4 rings (SSSR count). The average Bonchev–Trinajstić information content (AvgIpc) is 2.88. The number of nitrogens with zero attached hydrogens (tertiary/aromatic N) is 1. The van der Waals surface area contributed by atoms with E-state index < -0.39 is 12.0 Å². The highest BCUT2D eigenvalue weighted by atomic mass is 35.5. The molecular formula is C25H22ClN3O6. The number of hydrogen-bond acceptors (Lipinski definition) is 7. The van der Waals surface area contributed by atoms with Crippen LogP contribution in [0.25, 0.3) is 0 Å². The van der Waals surface area contributed by atoms with E-state index in [1.807, 2.05) is 6.07 Å². The lowest BCUT2D eigenvalue weighted by atomic mass is 10.2. The maximum absolute atomic E-state index is 12.4. The third-order valence-corrected chi connectivity index (χ3v) is 5.21. The van der Waals surface area contributed by atoms with Crippen LogP contribution in [-0.4, -0.2) is 44.5 Å². The minimum Gasteiger partial charge on any atom is -0.493 e. The number of hydrogen-bond donors (Lipinski definition) is 2. The Morgan fingerprint density at radius 2 is 1.86 bits per heavy atom. The molecule has 1 aliphatic rings. The molecule has 2 N–H and O–H groups in total. The van der Waals surface area contributed by atoms with Crippen molar-refractivity contribution in [3.05, 3.63) is 77.3 Å². The van der Waals surface area contributed by atoms with Gasteiger partial charge in [0.25, 0.3) is 11.8 Å². The van der Waals surface area contributed by atoms with E-state index in [2.05, 4.69) is 15.8 Å². The van der Waals surface area contributed by atoms with Crippen molar-refractivity contribution in [1.82, 2.24) is 5.43 Å². The lowest BCUT2D eigenvalue weighted by Gasteiger charge is -2.24. The van der Waals surface area contributed by atoms with Crippen molar-refractivity contribution in [1.29, 1.82) is 0 Å². The van der Waals surface area contributed by atoms with E-state index in [-0.39, 0.29) is 19.1 Å². The number of fused-ring (bicyclic) bond motifs is 1. The summed E-state index contributed by atoms with van der Waals surface area (Å²) in [5.41, 5.74) is 3.58. The van der Waals surface area contributed by atoms with E-state index in [9.17, 15) is 9.59 Å². The molecule has 3 aromatic carbocycles. The first-order valence-corrected chi connectivity index (χ1v) is 11.0. The maximum Gasteiger partial charge on any atom is 0.284 e. The average molecular weight is 496 g/mol. The van der Waals surface area contributed by atoms with Crippen molar-refractivity contribution in [3.63, 3.8) is 0 Å². The first-order valence-electron chi connectivity index (χ1n) is 10.6. The van der Waals surface area contributed by atoms with Gasteiger partial charge in [-0.05, 0) is 48.0 Å². The number of halogens is 1. The summed E-state index contributed by atoms with van der Waals surface area (Å²) >= 11 is 6.05. The smallest absolute Gasteiger partial charge is 0.284 e. The molecule has 1 unspecified atom stereocenters. The van der Waals surface area contributed by atoms with Gasteiger partial charge in [0, 0.05) is 0 Å². The number of amides is 2. The van der Waals surface area contributed by atoms with Gasteiger partial charge in [0.2, 0.25) is 6.10 Å². The van der Waals surface area contributed by atoms with Gasteiger partial charge in [0.05, 0.1) is 24.0 Å². The van der Waals surface area contributed by atoms with Gasteiger partial charge >= 0.3 is 0 Å². The Morgan fingerprint density at radius 1 is 1.09 bits per heavy atom. The molecule has 9 nitrogen and oxygen atoms in total. The zero-order chi connectivity index (χ0) is 24.6. The second-order valence-corrected chi connectivity index (χ2v) is 7.73. The van der Waals surface area contributed by atoms with Gasteiger partial charge in [0.15, 0.2) is 29.6 Å². The van der Waals surface area contributed by atoms with Gasteiger partial charge in [-0.3, -0.25) is 9.59 Å². The Kier molecular flexibility index (Phi) is 7.69. The van der Waals surface area contributed by atoms with E-state index >= 15 is 0 Å². The SMILES string of the molecule is COc1cc(/C=N/NC(=O)C2COc3ccccc3O2)ccc1OCC(=O)Nc1ccccc1Cl. The molecule has 3 aromatic rings. The van der Waals surface area contributed by atoms with Crippen molar-refractivity contribution in [2.24, 2.45) is 5.10 Å². The summed E-state index contributed by atoms with van der Waals surface area (Å²) in [6.45, 7) is -0.153. The predicted octanol–water partition coefficient (Wildman–Crippen LogP) is 3.66. The van der Waals surface area contributed by atoms with Crippen LogP contribution in [0.1, 0.15) is 5.56 Å². The minimum atomic E-state index is -0.815. The fraction of sp³-hybridized carbons (Fsp3) is 0.160. The summed E-state index contributed by atoms with van der Waals surface area (Å²) in [5.74, 6) is 1.05. The van der Waals surface area contributed by atoms with Crippen molar-refractivity contribution in [3.8, 4) is 23.0 Å². The van der Waals surface area contributed by atoms with Crippen LogP contribution in [0.15, 0.2) is 71.8 Å². The number of nitrogens with one attached hydrogen (secondary N) is 2. The zero-order valence-corrected chi connectivity index (χ0v) is 19.5. The number of anilines is 1. The molecule has 180 valence electrons. The summed E-state index contributed by atoms with van der Waals surface area (Å²) in [5, 5.41) is 7.09. The van der Waals surface area contributed by atoms with E-state index in [0.717, 1.165) is 0 Å². The molecule has 1 aliphatic heterocycles. The molecule has 0 bridgehead atoms. The van der Waals surface area contributed by atoms with Crippen LogP contribution >= 0.6 is 11.6 Å². The van der Waals surface area contributed by atoms with Gasteiger partial charge in [-0.1, -0.05) is 35.9 Å². The first kappa shape index (κ1) is 23.9. The van der Waals surface area contributed by atoms with Crippen LogP contribution in [0.5, 0.6) is 23.0 Å². The van der Waals surface area contributed by atoms with Crippen LogP contribution in [0, 0.1) is 0 Å². The highest BCUT2D eigenvalue weighted by Gasteiger charge is 2.27. The molecule has 0 aliphatic carbocycles. The van der Waals surface area contributed by atoms with Gasteiger partial charge in [0.1, 0.15) is 6.61 Å². The fourth-order valence-corrected chi connectivity index (χ4v) is 3.35. The monoisotopic (exact) mass is 495 g/mol. The number of benzene rings is 3. The van der Waals surface area contributed by atoms with E-state index in [1.165, 1.54) is 13.3 Å². The topological polar surface area (TPSA) is 107 Å². The molecule has 0 radical (unpaired) electrons. The lowest BCUT2D eigenvalue weighted by Crippen LogP contribution is -2.42. The molecule has 0 aromatic heterocycles. The number of carbonyl (C=O) groups is 2. The molecule has 10 heteroatoms. The molecule has 35 heavy (non-hydrogen) atoms. The largest absolute Gasteiger partial charge is 0.493 e. The van der Waals surface area contributed by atoms with Crippen LogP contribution in [0.4, 0.5) is 5.69 Å². The number of rotatable bonds is 8. The van der Waals surface area contributed by atoms with Crippen LogP contribution in [-0.2, 0) is 9.59 Å². The number of para-hydroxylation sites is 3. The van der Waals surface area contributed by atoms with Crippen LogP contribution < -0.4 is 29.7 Å². The summed E-state index contributed by atoms with van der Waals surface area (Å²) in [6.07, 6.45) is 0.635. The Labute approximate surface area is 206 Å². The van der Waals surface area contributed by atoms with Crippen molar-refractivity contribution < 1.29 is 28.5 Å². The Hall–Kier alpha value is -4.24. The van der Waals surface area contributed by atoms with Crippen molar-refractivity contribution in [2.75, 3.05) is 25.6 Å². The van der Waals surface area contributed by atoms with E-state index in [1.54, 1.807) is 60.7 Å². The third kappa shape index (κ3) is 6.21. The lowest BCUT2D eigenvalue weighted by molar-refractivity contribution is -0.130. The van der Waals surface area contributed by atoms with E-state index in [0.29, 0.717) is 39.3 Å². The molecule has 0 fully saturated rings. The molecule has 2 amide bonds. The number of carbonyl (C=O) groups excluding carboxylic acids is 2. The van der Waals surface area contributed by atoms with Gasteiger partial charge in [-0.15, -0.1) is 0 Å². The predicted molar refractivity (Wildman–Crippen MR) is 131 cm³/mol. The Balaban J connectivity index is 1.30. The normalized spacial score (nSPS) is 14.3. The molecule has 0 spiro atoms. The highest BCUT2D eigenvalue weighted by Crippen LogP contribution is 2.31. The second-order valence-electron chi connectivity index (χ2n) is 7.33. The summed E-state index contributed by atoms with van der Waals surface area (Å²) in [7, 11) is 1.48. The molecule has 1 heterocycles. The minimum absolute atomic E-state index is 0.0856. The Morgan fingerprint density at radius 3 is 2.66 bits per heavy atom. The molecule has 0 saturated heterocycles. The first-order chi connectivity index (χ1) is 17.0. The molecular weight excluding hydrogens is 474 g/mol. The van der Waals surface area contributed by atoms with Crippen molar-refractivity contribution >= 4 is 35.3 Å². The van der Waals surface area contributed by atoms with Gasteiger partial charge in [-0.2, -0.15) is 5.10 Å². The summed E-state index contributed by atoms with van der Waals surface area (Å²) in [6, 6.07) is 19.0. The second kappa shape index (κ2) is 11.3. The fourth-order valence-electron chi connectivity index (χ4n) is 3.17. The zero-order valence-electron chi connectivity index (χ0n) is 18.7. The summed E-state index contributed by atoms with van der Waals surface area (Å²) < 4.78 is 22.1. The molecule has 0 saturated carbocycles. The number of ether oxygens (including phenoxy) is 4. The maximum atomic E-state index is 12.4. The summed E-state index contributed by atoms with van der Waals surface area (Å²) in [4.78, 5) is 24.5. The highest BCUT2D eigenvalue weighted by molar-refractivity contribution is 6.33. The number of methoxy groups -OCH3 is 1. The third-order valence-electron chi connectivity index (χ3n) is 4.88. The Bertz CT molecular complexity index is 1250. The molecule has 1 atom stereocenters. The van der Waals surface area contributed by atoms with Crippen molar-refractivity contribution in [2.45, 2.75) is 6.10 Å². The van der Waals surface area contributed by atoms with E-state index in [4.69, 9.17) is 30.5 Å². The quantitative estimate of drug-likeness (QED) is 0.365. The standard InChI is InChI=1S/C25H22ClN3O6/c1-32-22-12-16(10-11-20(22)34-15-24(30)28-18-7-3-2-6-17(18)26)13-27-29-25(31)23-14-33-19-8-4-5-9-21(19)35-23/h2-13,23H,14-15H2,1H3,(H,28,30)(H,29,31)/b27-13+. The van der Waals surface area contributed by atoms with Gasteiger partial charge < -0.3 is 24.3 Å². The van der Waals surface area contributed by atoms with Crippen LogP contribution in [0.3, 0.4) is 0 Å². The van der Waals surface area contributed by atoms with Crippen LogP contribution in [0.2, 0.25) is 5.02 Å². The van der Waals surface area contributed by atoms with Gasteiger partial charge in [-0.25, -0.2) is 5.43 Å².